The molecule has 4 nitrogen and oxygen atoms in total. The molecule has 0 aliphatic carbocycles. The van der Waals surface area contributed by atoms with Gasteiger partial charge in [0, 0.05) is 6.42 Å². The lowest BCUT2D eigenvalue weighted by Crippen LogP contribution is -2.33. The highest BCUT2D eigenvalue weighted by atomic mass is 16.5. The third kappa shape index (κ3) is 3.90. The lowest BCUT2D eigenvalue weighted by Gasteiger charge is -2.16. The highest BCUT2D eigenvalue weighted by molar-refractivity contribution is 5.88. The van der Waals surface area contributed by atoms with Gasteiger partial charge in [0.2, 0.25) is 0 Å². The summed E-state index contributed by atoms with van der Waals surface area (Å²) in [7, 11) is 1.28. The molecular weight excluding hydrogens is 218 g/mol. The molecule has 0 fully saturated rings. The van der Waals surface area contributed by atoms with E-state index in [1.54, 1.807) is 0 Å². The minimum atomic E-state index is -0.622. The van der Waals surface area contributed by atoms with Crippen LogP contribution < -0.4 is 5.32 Å². The maximum absolute atomic E-state index is 11.9. The molecule has 1 atom stereocenters. The van der Waals surface area contributed by atoms with E-state index in [-0.39, 0.29) is 5.78 Å². The molecule has 92 valence electrons. The van der Waals surface area contributed by atoms with E-state index in [4.69, 9.17) is 0 Å². The Balaban J connectivity index is 2.86. The maximum atomic E-state index is 11.9. The van der Waals surface area contributed by atoms with Gasteiger partial charge in [0.05, 0.1) is 7.11 Å². The molecule has 0 saturated heterocycles. The van der Waals surface area contributed by atoms with E-state index in [9.17, 15) is 9.59 Å². The van der Waals surface area contributed by atoms with Gasteiger partial charge < -0.3 is 10.1 Å². The fourth-order valence-corrected chi connectivity index (χ4v) is 1.56. The van der Waals surface area contributed by atoms with E-state index in [1.807, 2.05) is 37.3 Å². The number of hydrogen-bond donors (Lipinski definition) is 1. The number of hydrogen-bond acceptors (Lipinski definition) is 3. The van der Waals surface area contributed by atoms with Gasteiger partial charge in [-0.2, -0.15) is 0 Å². The van der Waals surface area contributed by atoms with E-state index in [2.05, 4.69) is 10.1 Å². The standard InChI is InChI=1S/C13H17NO3/c1-3-7-11(15)12(14-13(16)17-2)10-8-5-4-6-9-10/h4-6,8-9,12H,3,7H2,1-2H3,(H,14,16). The Morgan fingerprint density at radius 3 is 2.47 bits per heavy atom. The first-order chi connectivity index (χ1) is 8.19. The molecule has 0 bridgehead atoms. The van der Waals surface area contributed by atoms with Crippen LogP contribution in [0.2, 0.25) is 0 Å². The summed E-state index contributed by atoms with van der Waals surface area (Å²) < 4.78 is 4.53. The summed E-state index contributed by atoms with van der Waals surface area (Å²) in [6.45, 7) is 1.93. The fraction of sp³-hybridized carbons (Fsp3) is 0.385. The van der Waals surface area contributed by atoms with Gasteiger partial charge in [-0.1, -0.05) is 37.3 Å². The van der Waals surface area contributed by atoms with Crippen molar-refractivity contribution < 1.29 is 14.3 Å². The number of ether oxygens (including phenoxy) is 1. The molecule has 1 amide bonds. The lowest BCUT2D eigenvalue weighted by atomic mass is 10.00. The lowest BCUT2D eigenvalue weighted by molar-refractivity contribution is -0.121. The van der Waals surface area contributed by atoms with Crippen LogP contribution in [0.25, 0.3) is 0 Å². The first-order valence-electron chi connectivity index (χ1n) is 5.61. The number of Topliss-reactive ketones (excluding diaryl/α,β-unsaturated/α-hetero) is 1. The number of nitrogens with one attached hydrogen (secondary N) is 1. The summed E-state index contributed by atoms with van der Waals surface area (Å²) in [6, 6.07) is 8.54. The largest absolute Gasteiger partial charge is 0.453 e. The molecule has 4 heteroatoms. The minimum Gasteiger partial charge on any atom is -0.453 e. The Morgan fingerprint density at radius 1 is 1.29 bits per heavy atom. The van der Waals surface area contributed by atoms with Gasteiger partial charge in [0.15, 0.2) is 5.78 Å². The van der Waals surface area contributed by atoms with Crippen molar-refractivity contribution in [3.8, 4) is 0 Å². The Labute approximate surface area is 101 Å². The van der Waals surface area contributed by atoms with E-state index in [0.717, 1.165) is 12.0 Å². The molecule has 17 heavy (non-hydrogen) atoms. The molecule has 0 radical (unpaired) electrons. The zero-order chi connectivity index (χ0) is 12.7. The van der Waals surface area contributed by atoms with Crippen LogP contribution in [-0.4, -0.2) is 19.0 Å². The SMILES string of the molecule is CCCC(=O)C(NC(=O)OC)c1ccccc1. The maximum Gasteiger partial charge on any atom is 0.407 e. The van der Waals surface area contributed by atoms with Gasteiger partial charge in [0.25, 0.3) is 0 Å². The number of ketones is 1. The van der Waals surface area contributed by atoms with E-state index in [1.165, 1.54) is 7.11 Å². The van der Waals surface area contributed by atoms with Crippen LogP contribution in [-0.2, 0) is 9.53 Å². The number of alkyl carbamates (subject to hydrolysis) is 1. The van der Waals surface area contributed by atoms with Gasteiger partial charge in [-0.05, 0) is 12.0 Å². The molecule has 0 saturated carbocycles. The van der Waals surface area contributed by atoms with Crippen LogP contribution in [0.15, 0.2) is 30.3 Å². The topological polar surface area (TPSA) is 55.4 Å². The molecule has 1 N–H and O–H groups in total. The third-order valence-electron chi connectivity index (χ3n) is 2.40. The van der Waals surface area contributed by atoms with Crippen LogP contribution in [0.1, 0.15) is 31.4 Å². The predicted molar refractivity (Wildman–Crippen MR) is 64.6 cm³/mol. The van der Waals surface area contributed by atoms with Crippen LogP contribution in [0.3, 0.4) is 0 Å². The summed E-state index contributed by atoms with van der Waals surface area (Å²) in [5, 5.41) is 2.56. The highest BCUT2D eigenvalue weighted by Gasteiger charge is 2.21. The molecule has 1 aromatic rings. The van der Waals surface area contributed by atoms with Crippen LogP contribution in [0, 0.1) is 0 Å². The van der Waals surface area contributed by atoms with Gasteiger partial charge in [-0.25, -0.2) is 4.79 Å². The zero-order valence-electron chi connectivity index (χ0n) is 10.1. The number of benzene rings is 1. The van der Waals surface area contributed by atoms with Crippen molar-refractivity contribution in [2.24, 2.45) is 0 Å². The normalized spacial score (nSPS) is 11.6. The summed E-state index contributed by atoms with van der Waals surface area (Å²) in [5.41, 5.74) is 0.774. The molecule has 1 rings (SSSR count). The fourth-order valence-electron chi connectivity index (χ4n) is 1.56. The number of amides is 1. The van der Waals surface area contributed by atoms with Crippen LogP contribution in [0.4, 0.5) is 4.79 Å². The second-order valence-corrected chi connectivity index (χ2v) is 3.70. The average molecular weight is 235 g/mol. The molecule has 0 aromatic heterocycles. The van der Waals surface area contributed by atoms with Crippen LogP contribution in [0.5, 0.6) is 0 Å². The summed E-state index contributed by atoms with van der Waals surface area (Å²) >= 11 is 0. The van der Waals surface area contributed by atoms with Gasteiger partial charge in [0.1, 0.15) is 6.04 Å². The van der Waals surface area contributed by atoms with Gasteiger partial charge >= 0.3 is 6.09 Å². The first-order valence-corrected chi connectivity index (χ1v) is 5.61. The third-order valence-corrected chi connectivity index (χ3v) is 2.40. The molecule has 0 spiro atoms. The smallest absolute Gasteiger partial charge is 0.407 e. The van der Waals surface area contributed by atoms with Gasteiger partial charge in [-0.3, -0.25) is 4.79 Å². The summed E-state index contributed by atoms with van der Waals surface area (Å²) in [5.74, 6) is -0.0101. The minimum absolute atomic E-state index is 0.0101. The zero-order valence-corrected chi connectivity index (χ0v) is 10.1. The average Bonchev–Trinajstić information content (AvgIpc) is 2.36. The number of carbonyl (C=O) groups excluding carboxylic acids is 2. The number of carbonyl (C=O) groups is 2. The van der Waals surface area contributed by atoms with Crippen molar-refractivity contribution in [1.29, 1.82) is 0 Å². The van der Waals surface area contributed by atoms with Crippen molar-refractivity contribution >= 4 is 11.9 Å². The van der Waals surface area contributed by atoms with Crippen LogP contribution >= 0.6 is 0 Å². The highest BCUT2D eigenvalue weighted by Crippen LogP contribution is 2.16. The van der Waals surface area contributed by atoms with Crippen molar-refractivity contribution in [2.75, 3.05) is 7.11 Å². The predicted octanol–water partition coefficient (Wildman–Crippen LogP) is 2.45. The quantitative estimate of drug-likeness (QED) is 0.852. The number of rotatable bonds is 5. The Bertz CT molecular complexity index is 376. The molecule has 0 aliphatic heterocycles. The Kier molecular flexibility index (Phi) is 5.20. The Morgan fingerprint density at radius 2 is 1.94 bits per heavy atom. The number of methoxy groups -OCH3 is 1. The first kappa shape index (κ1) is 13.2. The molecule has 1 aromatic carbocycles. The second-order valence-electron chi connectivity index (χ2n) is 3.70. The van der Waals surface area contributed by atoms with Crippen molar-refractivity contribution in [1.82, 2.24) is 5.32 Å². The summed E-state index contributed by atoms with van der Waals surface area (Å²) in [4.78, 5) is 23.1. The summed E-state index contributed by atoms with van der Waals surface area (Å²) in [6.07, 6.45) is 0.595. The monoisotopic (exact) mass is 235 g/mol. The van der Waals surface area contributed by atoms with Crippen molar-refractivity contribution in [2.45, 2.75) is 25.8 Å². The molecule has 0 heterocycles. The molecule has 1 unspecified atom stereocenters. The van der Waals surface area contributed by atoms with E-state index in [0.29, 0.717) is 6.42 Å². The van der Waals surface area contributed by atoms with Crippen molar-refractivity contribution in [3.05, 3.63) is 35.9 Å². The van der Waals surface area contributed by atoms with E-state index < -0.39 is 12.1 Å². The van der Waals surface area contributed by atoms with E-state index >= 15 is 0 Å². The Hall–Kier alpha value is -1.84. The molecule has 0 aliphatic rings. The van der Waals surface area contributed by atoms with Gasteiger partial charge in [-0.15, -0.1) is 0 Å². The molecular formula is C13H17NO3. The van der Waals surface area contributed by atoms with Crippen molar-refractivity contribution in [3.63, 3.8) is 0 Å². The second kappa shape index (κ2) is 6.68.